The zero-order valence-corrected chi connectivity index (χ0v) is 17.4. The molecule has 1 fully saturated rings. The van der Waals surface area contributed by atoms with Crippen molar-refractivity contribution in [2.75, 3.05) is 31.2 Å². The predicted molar refractivity (Wildman–Crippen MR) is 116 cm³/mol. The largest absolute Gasteiger partial charge is 0.478 e. The lowest BCUT2D eigenvalue weighted by Crippen LogP contribution is -2.36. The molecule has 1 aliphatic rings. The lowest BCUT2D eigenvalue weighted by molar-refractivity contribution is 0.0699. The smallest absolute Gasteiger partial charge is 0.338 e. The minimum Gasteiger partial charge on any atom is -0.478 e. The van der Waals surface area contributed by atoms with Crippen LogP contribution in [0.3, 0.4) is 0 Å². The highest BCUT2D eigenvalue weighted by molar-refractivity contribution is 6.33. The summed E-state index contributed by atoms with van der Waals surface area (Å²) in [6, 6.07) is 8.20. The number of halogens is 2. The number of ether oxygens (including phenoxy) is 1. The fraction of sp³-hybridized carbons (Fsp3) is 0.227. The van der Waals surface area contributed by atoms with Gasteiger partial charge in [0.1, 0.15) is 22.7 Å². The number of benzene rings is 2. The first-order chi connectivity index (χ1) is 15.0. The van der Waals surface area contributed by atoms with E-state index in [0.717, 1.165) is 5.69 Å². The summed E-state index contributed by atoms with van der Waals surface area (Å²) in [6.07, 6.45) is 1.40. The van der Waals surface area contributed by atoms with E-state index in [9.17, 15) is 14.3 Å². The standard InChI is InChI=1S/C22H18ClFN4O3/c1-12-26-20-15(22(29)30)9-13(27-5-7-31-8-6-27)10-18(20)28(12)21-14-3-2-4-17(24)19(14)25-11-16(21)23/h2-4,9-11H,5-8H2,1H3,(H,29,30). The van der Waals surface area contributed by atoms with Gasteiger partial charge in [-0.3, -0.25) is 9.55 Å². The number of hydrogen-bond donors (Lipinski definition) is 1. The van der Waals surface area contributed by atoms with Crippen molar-refractivity contribution in [3.63, 3.8) is 0 Å². The van der Waals surface area contributed by atoms with E-state index in [1.165, 1.54) is 12.3 Å². The Labute approximate surface area is 181 Å². The number of para-hydroxylation sites is 1. The number of rotatable bonds is 3. The molecule has 2 aromatic heterocycles. The molecule has 5 rings (SSSR count). The predicted octanol–water partition coefficient (Wildman–Crippen LogP) is 4.21. The molecule has 9 heteroatoms. The summed E-state index contributed by atoms with van der Waals surface area (Å²) < 4.78 is 21.6. The van der Waals surface area contributed by atoms with Crippen LogP contribution in [0.4, 0.5) is 10.1 Å². The van der Waals surface area contributed by atoms with Crippen LogP contribution in [0.15, 0.2) is 36.5 Å². The molecule has 7 nitrogen and oxygen atoms in total. The van der Waals surface area contributed by atoms with Gasteiger partial charge in [-0.1, -0.05) is 23.7 Å². The molecule has 158 valence electrons. The maximum atomic E-state index is 14.4. The third-order valence-electron chi connectivity index (χ3n) is 5.52. The van der Waals surface area contributed by atoms with Crippen molar-refractivity contribution in [3.8, 4) is 5.69 Å². The zero-order valence-electron chi connectivity index (χ0n) is 16.6. The number of pyridine rings is 1. The average molecular weight is 441 g/mol. The van der Waals surface area contributed by atoms with E-state index < -0.39 is 11.8 Å². The number of fused-ring (bicyclic) bond motifs is 2. The van der Waals surface area contributed by atoms with Gasteiger partial charge in [0, 0.05) is 30.4 Å². The van der Waals surface area contributed by atoms with Gasteiger partial charge in [-0.15, -0.1) is 0 Å². The molecular formula is C22H18ClFN4O3. The van der Waals surface area contributed by atoms with Crippen molar-refractivity contribution in [2.24, 2.45) is 0 Å². The van der Waals surface area contributed by atoms with Crippen molar-refractivity contribution in [2.45, 2.75) is 6.92 Å². The molecule has 2 aromatic carbocycles. The first-order valence-corrected chi connectivity index (χ1v) is 10.2. The Bertz CT molecular complexity index is 1350. The van der Waals surface area contributed by atoms with Crippen LogP contribution < -0.4 is 4.90 Å². The molecule has 0 aliphatic carbocycles. The van der Waals surface area contributed by atoms with Gasteiger partial charge >= 0.3 is 5.97 Å². The minimum atomic E-state index is -1.07. The zero-order chi connectivity index (χ0) is 21.7. The Balaban J connectivity index is 1.85. The minimum absolute atomic E-state index is 0.0986. The van der Waals surface area contributed by atoms with Gasteiger partial charge in [0.15, 0.2) is 0 Å². The summed E-state index contributed by atoms with van der Waals surface area (Å²) in [5.41, 5.74) is 2.49. The molecule has 1 aliphatic heterocycles. The van der Waals surface area contributed by atoms with Gasteiger partial charge < -0.3 is 14.7 Å². The number of morpholine rings is 1. The average Bonchev–Trinajstić information content (AvgIpc) is 3.09. The highest BCUT2D eigenvalue weighted by Crippen LogP contribution is 2.35. The van der Waals surface area contributed by atoms with E-state index >= 15 is 0 Å². The molecule has 0 spiro atoms. The number of anilines is 1. The second-order valence-corrected chi connectivity index (χ2v) is 7.76. The molecule has 0 unspecified atom stereocenters. The number of aromatic nitrogens is 3. The molecule has 0 radical (unpaired) electrons. The monoisotopic (exact) mass is 440 g/mol. The lowest BCUT2D eigenvalue weighted by atomic mass is 10.1. The highest BCUT2D eigenvalue weighted by atomic mass is 35.5. The fourth-order valence-electron chi connectivity index (χ4n) is 4.10. The number of aromatic carboxylic acids is 1. The molecule has 0 bridgehead atoms. The van der Waals surface area contributed by atoms with Gasteiger partial charge in [-0.2, -0.15) is 0 Å². The molecule has 1 saturated heterocycles. The molecule has 1 N–H and O–H groups in total. The quantitative estimate of drug-likeness (QED) is 0.514. The molecule has 4 aromatic rings. The Kier molecular flexibility index (Phi) is 4.75. The first-order valence-electron chi connectivity index (χ1n) is 9.78. The Morgan fingerprint density at radius 3 is 2.74 bits per heavy atom. The van der Waals surface area contributed by atoms with E-state index in [1.54, 1.807) is 29.7 Å². The normalized spacial score (nSPS) is 14.5. The third-order valence-corrected chi connectivity index (χ3v) is 5.79. The van der Waals surface area contributed by atoms with Crippen LogP contribution >= 0.6 is 11.6 Å². The summed E-state index contributed by atoms with van der Waals surface area (Å²) in [4.78, 5) is 22.8. The Morgan fingerprint density at radius 1 is 1.23 bits per heavy atom. The molecule has 0 saturated carbocycles. The van der Waals surface area contributed by atoms with Gasteiger partial charge in [-0.05, 0) is 25.1 Å². The number of hydrogen-bond acceptors (Lipinski definition) is 5. The van der Waals surface area contributed by atoms with Crippen LogP contribution in [0.2, 0.25) is 5.02 Å². The van der Waals surface area contributed by atoms with Crippen molar-refractivity contribution >= 4 is 45.2 Å². The summed E-state index contributed by atoms with van der Waals surface area (Å²) in [5.74, 6) is -0.991. The number of imidazole rings is 1. The van der Waals surface area contributed by atoms with Crippen molar-refractivity contribution in [1.29, 1.82) is 0 Å². The third kappa shape index (κ3) is 3.19. The van der Waals surface area contributed by atoms with Crippen LogP contribution in [0.25, 0.3) is 27.6 Å². The van der Waals surface area contributed by atoms with Crippen molar-refractivity contribution in [1.82, 2.24) is 14.5 Å². The van der Waals surface area contributed by atoms with E-state index in [1.807, 2.05) is 6.07 Å². The molecule has 0 atom stereocenters. The van der Waals surface area contributed by atoms with Gasteiger partial charge in [0.2, 0.25) is 0 Å². The number of carboxylic acids is 1. The number of aryl methyl sites for hydroxylation is 1. The maximum absolute atomic E-state index is 14.4. The van der Waals surface area contributed by atoms with Crippen LogP contribution in [0, 0.1) is 12.7 Å². The van der Waals surface area contributed by atoms with Crippen molar-refractivity contribution < 1.29 is 19.0 Å². The SMILES string of the molecule is Cc1nc2c(C(=O)O)cc(N3CCOCC3)cc2n1-c1c(Cl)cnc2c(F)cccc12. The summed E-state index contributed by atoms with van der Waals surface area (Å²) in [5, 5.41) is 10.7. The second kappa shape index (κ2) is 7.47. The van der Waals surface area contributed by atoms with Gasteiger partial charge in [-0.25, -0.2) is 14.2 Å². The molecular weight excluding hydrogens is 423 g/mol. The molecule has 0 amide bonds. The summed E-state index contributed by atoms with van der Waals surface area (Å²) in [7, 11) is 0. The van der Waals surface area contributed by atoms with Crippen LogP contribution in [0.1, 0.15) is 16.2 Å². The van der Waals surface area contributed by atoms with E-state index in [-0.39, 0.29) is 11.1 Å². The lowest BCUT2D eigenvalue weighted by Gasteiger charge is -2.29. The van der Waals surface area contributed by atoms with E-state index in [4.69, 9.17) is 16.3 Å². The second-order valence-electron chi connectivity index (χ2n) is 7.35. The fourth-order valence-corrected chi connectivity index (χ4v) is 4.34. The van der Waals surface area contributed by atoms with Gasteiger partial charge in [0.25, 0.3) is 0 Å². The Morgan fingerprint density at radius 2 is 2.00 bits per heavy atom. The molecule has 31 heavy (non-hydrogen) atoms. The topological polar surface area (TPSA) is 80.5 Å². The summed E-state index contributed by atoms with van der Waals surface area (Å²) >= 11 is 6.53. The summed E-state index contributed by atoms with van der Waals surface area (Å²) in [6.45, 7) is 4.21. The van der Waals surface area contributed by atoms with Crippen molar-refractivity contribution in [3.05, 3.63) is 58.8 Å². The van der Waals surface area contributed by atoms with Gasteiger partial charge in [0.05, 0.1) is 35.0 Å². The van der Waals surface area contributed by atoms with Crippen LogP contribution in [-0.4, -0.2) is 51.9 Å². The van der Waals surface area contributed by atoms with Crippen LogP contribution in [0.5, 0.6) is 0 Å². The first kappa shape index (κ1) is 19.7. The maximum Gasteiger partial charge on any atom is 0.338 e. The van der Waals surface area contributed by atoms with E-state index in [0.29, 0.717) is 59.3 Å². The van der Waals surface area contributed by atoms with E-state index in [2.05, 4.69) is 14.9 Å². The molecule has 3 heterocycles. The number of nitrogens with zero attached hydrogens (tertiary/aromatic N) is 4. The Hall–Kier alpha value is -3.23. The van der Waals surface area contributed by atoms with Crippen LogP contribution in [-0.2, 0) is 4.74 Å². The number of carbonyl (C=O) groups is 1. The highest BCUT2D eigenvalue weighted by Gasteiger charge is 2.23. The number of carboxylic acid groups (broad SMARTS) is 1.